The van der Waals surface area contributed by atoms with Crippen molar-refractivity contribution in [1.29, 1.82) is 0 Å². The Hall–Kier alpha value is -1.38. The fraction of sp³-hybridized carbons (Fsp3) is 0.571. The minimum Gasteiger partial charge on any atom is -0.508 e. The maximum atomic E-state index is 9.53. The molecule has 1 aromatic carbocycles. The molecule has 92 valence electrons. The zero-order valence-corrected chi connectivity index (χ0v) is 10.2. The van der Waals surface area contributed by atoms with Gasteiger partial charge in [-0.05, 0) is 25.0 Å². The molecule has 0 aromatic heterocycles. The summed E-state index contributed by atoms with van der Waals surface area (Å²) in [6.07, 6.45) is 6.76. The normalized spacial score (nSPS) is 20.8. The van der Waals surface area contributed by atoms with Gasteiger partial charge in [-0.2, -0.15) is 0 Å². The number of fused-ring (bicyclic) bond motifs is 1. The Morgan fingerprint density at radius 1 is 1.18 bits per heavy atom. The predicted octanol–water partition coefficient (Wildman–Crippen LogP) is 2.96. The Bertz CT molecular complexity index is 399. The first-order valence-corrected chi connectivity index (χ1v) is 6.68. The van der Waals surface area contributed by atoms with E-state index in [1.807, 2.05) is 12.1 Å². The Morgan fingerprint density at radius 2 is 2.00 bits per heavy atom. The number of benzene rings is 1. The van der Waals surface area contributed by atoms with Gasteiger partial charge in [-0.15, -0.1) is 0 Å². The first kappa shape index (κ1) is 10.8. The second-order valence-corrected chi connectivity index (χ2v) is 5.11. The van der Waals surface area contributed by atoms with Crippen LogP contribution in [0.5, 0.6) is 5.75 Å². The molecule has 0 atom stereocenters. The summed E-state index contributed by atoms with van der Waals surface area (Å²) < 4.78 is 0. The van der Waals surface area contributed by atoms with Gasteiger partial charge in [0, 0.05) is 25.2 Å². The van der Waals surface area contributed by atoms with Gasteiger partial charge in [0.2, 0.25) is 0 Å². The number of anilines is 2. The molecule has 0 radical (unpaired) electrons. The van der Waals surface area contributed by atoms with E-state index >= 15 is 0 Å². The summed E-state index contributed by atoms with van der Waals surface area (Å²) in [5, 5.41) is 12.9. The monoisotopic (exact) mass is 232 g/mol. The van der Waals surface area contributed by atoms with Crippen molar-refractivity contribution in [3.05, 3.63) is 18.2 Å². The molecular formula is C14H20N2O. The third-order valence-electron chi connectivity index (χ3n) is 3.97. The van der Waals surface area contributed by atoms with Gasteiger partial charge < -0.3 is 15.3 Å². The molecule has 0 bridgehead atoms. The van der Waals surface area contributed by atoms with Crippen LogP contribution in [-0.2, 0) is 0 Å². The number of phenolic OH excluding ortho intramolecular Hbond substituents is 1. The van der Waals surface area contributed by atoms with Crippen LogP contribution in [0.3, 0.4) is 0 Å². The molecule has 0 unspecified atom stereocenters. The fourth-order valence-electron chi connectivity index (χ4n) is 3.12. The summed E-state index contributed by atoms with van der Waals surface area (Å²) in [4.78, 5) is 2.53. The van der Waals surface area contributed by atoms with Gasteiger partial charge in [-0.25, -0.2) is 0 Å². The van der Waals surface area contributed by atoms with Crippen LogP contribution in [0.15, 0.2) is 18.2 Å². The lowest BCUT2D eigenvalue weighted by molar-refractivity contribution is 0.415. The van der Waals surface area contributed by atoms with E-state index in [9.17, 15) is 5.11 Å². The molecule has 1 heterocycles. The number of rotatable bonds is 1. The van der Waals surface area contributed by atoms with E-state index in [1.165, 1.54) is 37.8 Å². The van der Waals surface area contributed by atoms with Crippen LogP contribution >= 0.6 is 0 Å². The van der Waals surface area contributed by atoms with Crippen LogP contribution in [0.25, 0.3) is 0 Å². The van der Waals surface area contributed by atoms with Crippen LogP contribution in [0.1, 0.15) is 32.1 Å². The molecule has 1 fully saturated rings. The molecule has 0 amide bonds. The molecule has 1 aromatic rings. The van der Waals surface area contributed by atoms with Crippen molar-refractivity contribution < 1.29 is 5.11 Å². The lowest BCUT2D eigenvalue weighted by atomic mass is 9.93. The Morgan fingerprint density at radius 3 is 2.82 bits per heavy atom. The van der Waals surface area contributed by atoms with Crippen LogP contribution < -0.4 is 10.2 Å². The second-order valence-electron chi connectivity index (χ2n) is 5.11. The molecule has 2 N–H and O–H groups in total. The van der Waals surface area contributed by atoms with E-state index in [4.69, 9.17) is 0 Å². The van der Waals surface area contributed by atoms with E-state index in [0.29, 0.717) is 11.8 Å². The summed E-state index contributed by atoms with van der Waals surface area (Å²) in [5.74, 6) is 0.349. The predicted molar refractivity (Wildman–Crippen MR) is 70.8 cm³/mol. The number of phenols is 1. The second kappa shape index (κ2) is 4.47. The molecule has 2 aliphatic rings. The van der Waals surface area contributed by atoms with E-state index in [1.54, 1.807) is 6.07 Å². The summed E-state index contributed by atoms with van der Waals surface area (Å²) >= 11 is 0. The molecule has 17 heavy (non-hydrogen) atoms. The van der Waals surface area contributed by atoms with Crippen LogP contribution in [-0.4, -0.2) is 24.2 Å². The van der Waals surface area contributed by atoms with Gasteiger partial charge in [-0.1, -0.05) is 19.3 Å². The average Bonchev–Trinajstić information content (AvgIpc) is 2.39. The Kier molecular flexibility index (Phi) is 2.83. The van der Waals surface area contributed by atoms with Crippen LogP contribution in [0, 0.1) is 0 Å². The minimum absolute atomic E-state index is 0.349. The number of nitrogens with one attached hydrogen (secondary N) is 1. The highest BCUT2D eigenvalue weighted by Gasteiger charge is 2.25. The average molecular weight is 232 g/mol. The highest BCUT2D eigenvalue weighted by atomic mass is 16.3. The van der Waals surface area contributed by atoms with Crippen LogP contribution in [0.4, 0.5) is 11.4 Å². The van der Waals surface area contributed by atoms with Gasteiger partial charge >= 0.3 is 0 Å². The number of nitrogens with zero attached hydrogens (tertiary/aromatic N) is 1. The smallest absolute Gasteiger partial charge is 0.117 e. The standard InChI is InChI=1S/C14H20N2O/c17-12-6-7-14-13(10-12)15-8-9-16(14)11-4-2-1-3-5-11/h6-7,10-11,15,17H,1-5,8-9H2. The van der Waals surface area contributed by atoms with Crippen LogP contribution in [0.2, 0.25) is 0 Å². The van der Waals surface area contributed by atoms with Gasteiger partial charge in [0.25, 0.3) is 0 Å². The molecule has 1 aliphatic carbocycles. The third-order valence-corrected chi connectivity index (χ3v) is 3.97. The first-order valence-electron chi connectivity index (χ1n) is 6.68. The maximum Gasteiger partial charge on any atom is 0.117 e. The number of hydrogen-bond acceptors (Lipinski definition) is 3. The summed E-state index contributed by atoms with van der Waals surface area (Å²) in [6, 6.07) is 6.38. The lowest BCUT2D eigenvalue weighted by Crippen LogP contribution is -2.42. The van der Waals surface area contributed by atoms with Gasteiger partial charge in [0.1, 0.15) is 5.75 Å². The maximum absolute atomic E-state index is 9.53. The molecule has 0 spiro atoms. The van der Waals surface area contributed by atoms with Crippen molar-refractivity contribution in [2.75, 3.05) is 23.3 Å². The van der Waals surface area contributed by atoms with Crippen molar-refractivity contribution in [2.24, 2.45) is 0 Å². The topological polar surface area (TPSA) is 35.5 Å². The van der Waals surface area contributed by atoms with E-state index in [-0.39, 0.29) is 0 Å². The fourth-order valence-corrected chi connectivity index (χ4v) is 3.12. The highest BCUT2D eigenvalue weighted by Crippen LogP contribution is 2.36. The molecule has 3 nitrogen and oxygen atoms in total. The third kappa shape index (κ3) is 2.06. The summed E-state index contributed by atoms with van der Waals surface area (Å²) in [7, 11) is 0. The van der Waals surface area contributed by atoms with Gasteiger partial charge in [0.05, 0.1) is 11.4 Å². The van der Waals surface area contributed by atoms with Gasteiger partial charge in [0.15, 0.2) is 0 Å². The summed E-state index contributed by atoms with van der Waals surface area (Å²) in [5.41, 5.74) is 2.35. The number of aromatic hydroxyl groups is 1. The molecule has 1 aliphatic heterocycles. The van der Waals surface area contributed by atoms with E-state index in [0.717, 1.165) is 18.8 Å². The van der Waals surface area contributed by atoms with Crippen molar-refractivity contribution in [1.82, 2.24) is 0 Å². The largest absolute Gasteiger partial charge is 0.508 e. The highest BCUT2D eigenvalue weighted by molar-refractivity contribution is 5.74. The molecule has 3 rings (SSSR count). The van der Waals surface area contributed by atoms with Crippen molar-refractivity contribution >= 4 is 11.4 Å². The van der Waals surface area contributed by atoms with E-state index in [2.05, 4.69) is 10.2 Å². The zero-order chi connectivity index (χ0) is 11.7. The molecule has 1 saturated carbocycles. The molecule has 3 heteroatoms. The van der Waals surface area contributed by atoms with E-state index < -0.39 is 0 Å². The molecular weight excluding hydrogens is 212 g/mol. The Labute approximate surface area is 102 Å². The zero-order valence-electron chi connectivity index (χ0n) is 10.2. The first-order chi connectivity index (χ1) is 8.34. The minimum atomic E-state index is 0.349. The van der Waals surface area contributed by atoms with Gasteiger partial charge in [-0.3, -0.25) is 0 Å². The van der Waals surface area contributed by atoms with Crippen molar-refractivity contribution in [3.8, 4) is 5.75 Å². The quantitative estimate of drug-likeness (QED) is 0.781. The molecule has 0 saturated heterocycles. The van der Waals surface area contributed by atoms with Crippen molar-refractivity contribution in [3.63, 3.8) is 0 Å². The Balaban J connectivity index is 1.88. The van der Waals surface area contributed by atoms with Crippen molar-refractivity contribution in [2.45, 2.75) is 38.1 Å². The number of hydrogen-bond donors (Lipinski definition) is 2. The SMILES string of the molecule is Oc1ccc2c(c1)NCCN2C1CCCCC1. The lowest BCUT2D eigenvalue weighted by Gasteiger charge is -2.40. The summed E-state index contributed by atoms with van der Waals surface area (Å²) in [6.45, 7) is 2.06.